The third-order valence-corrected chi connectivity index (χ3v) is 4.19. The molecule has 0 bridgehead atoms. The van der Waals surface area contributed by atoms with Gasteiger partial charge in [-0.3, -0.25) is 4.72 Å². The van der Waals surface area contributed by atoms with Gasteiger partial charge in [0.1, 0.15) is 15.9 Å². The van der Waals surface area contributed by atoms with Crippen molar-refractivity contribution in [1.29, 1.82) is 0 Å². The van der Waals surface area contributed by atoms with Crippen LogP contribution in [0, 0.1) is 12.7 Å². The van der Waals surface area contributed by atoms with E-state index in [1.165, 1.54) is 18.3 Å². The zero-order valence-electron chi connectivity index (χ0n) is 10.4. The van der Waals surface area contributed by atoms with Gasteiger partial charge >= 0.3 is 0 Å². The van der Waals surface area contributed by atoms with Crippen molar-refractivity contribution in [3.05, 3.63) is 47.0 Å². The van der Waals surface area contributed by atoms with Gasteiger partial charge in [-0.1, -0.05) is 11.6 Å². The van der Waals surface area contributed by atoms with Crippen molar-refractivity contribution >= 4 is 33.0 Å². The van der Waals surface area contributed by atoms with Gasteiger partial charge in [0, 0.05) is 11.9 Å². The van der Waals surface area contributed by atoms with Crippen molar-refractivity contribution < 1.29 is 12.8 Å². The number of rotatable bonds is 3. The van der Waals surface area contributed by atoms with Crippen molar-refractivity contribution in [3.8, 4) is 0 Å². The van der Waals surface area contributed by atoms with Gasteiger partial charge in [-0.15, -0.1) is 0 Å². The van der Waals surface area contributed by atoms with Crippen LogP contribution in [0.25, 0.3) is 0 Å². The molecule has 0 saturated carbocycles. The molecule has 2 aromatic rings. The number of nitrogens with one attached hydrogen (secondary N) is 1. The SMILES string of the molecule is Cc1cc(F)c(S(=O)(=O)Nc2ccnc(Cl)c2)cc1N. The van der Waals surface area contributed by atoms with Gasteiger partial charge < -0.3 is 5.73 Å². The molecule has 1 aromatic heterocycles. The highest BCUT2D eigenvalue weighted by atomic mass is 35.5. The van der Waals surface area contributed by atoms with E-state index in [0.717, 1.165) is 12.1 Å². The summed E-state index contributed by atoms with van der Waals surface area (Å²) < 4.78 is 40.3. The summed E-state index contributed by atoms with van der Waals surface area (Å²) in [6, 6.07) is 4.87. The first kappa shape index (κ1) is 14.5. The first-order valence-corrected chi connectivity index (χ1v) is 7.36. The lowest BCUT2D eigenvalue weighted by molar-refractivity contribution is 0.570. The first-order chi connectivity index (χ1) is 9.29. The van der Waals surface area contributed by atoms with E-state index >= 15 is 0 Å². The van der Waals surface area contributed by atoms with Crippen molar-refractivity contribution in [3.63, 3.8) is 0 Å². The van der Waals surface area contributed by atoms with E-state index in [2.05, 4.69) is 9.71 Å². The topological polar surface area (TPSA) is 85.1 Å². The predicted molar refractivity (Wildman–Crippen MR) is 75.6 cm³/mol. The van der Waals surface area contributed by atoms with E-state index in [1.54, 1.807) is 6.92 Å². The smallest absolute Gasteiger partial charge is 0.264 e. The maximum atomic E-state index is 13.8. The Balaban J connectivity index is 2.43. The predicted octanol–water partition coefficient (Wildman–Crippen LogP) is 2.57. The third-order valence-electron chi connectivity index (χ3n) is 2.59. The number of anilines is 2. The molecule has 0 unspecified atom stereocenters. The minimum atomic E-state index is -4.09. The Morgan fingerprint density at radius 2 is 2.05 bits per heavy atom. The summed E-state index contributed by atoms with van der Waals surface area (Å²) in [6.07, 6.45) is 1.33. The molecule has 1 aromatic carbocycles. The fraction of sp³-hybridized carbons (Fsp3) is 0.0833. The summed E-state index contributed by atoms with van der Waals surface area (Å²) in [5, 5.41) is 0.120. The van der Waals surface area contributed by atoms with Crippen molar-refractivity contribution in [2.45, 2.75) is 11.8 Å². The lowest BCUT2D eigenvalue weighted by Crippen LogP contribution is -2.15. The average Bonchev–Trinajstić information content (AvgIpc) is 2.33. The third kappa shape index (κ3) is 3.00. The standard InChI is InChI=1S/C12H11ClFN3O2S/c1-7-4-9(14)11(6-10(7)15)20(18,19)17-8-2-3-16-12(13)5-8/h2-6H,15H2,1H3,(H,16,17). The van der Waals surface area contributed by atoms with Crippen LogP contribution in [0.3, 0.4) is 0 Å². The van der Waals surface area contributed by atoms with Crippen LogP contribution in [0.4, 0.5) is 15.8 Å². The van der Waals surface area contributed by atoms with Gasteiger partial charge in [-0.05, 0) is 36.8 Å². The molecule has 106 valence electrons. The molecule has 0 spiro atoms. The molecule has 1 heterocycles. The van der Waals surface area contributed by atoms with E-state index < -0.39 is 20.7 Å². The normalized spacial score (nSPS) is 11.3. The van der Waals surface area contributed by atoms with Gasteiger partial charge in [0.25, 0.3) is 10.0 Å². The number of nitrogens with two attached hydrogens (primary N) is 1. The van der Waals surface area contributed by atoms with Crippen LogP contribution in [-0.4, -0.2) is 13.4 Å². The number of aromatic nitrogens is 1. The lowest BCUT2D eigenvalue weighted by Gasteiger charge is -2.10. The molecular formula is C12H11ClFN3O2S. The summed E-state index contributed by atoms with van der Waals surface area (Å²) in [5.41, 5.74) is 6.46. The number of aryl methyl sites for hydroxylation is 1. The molecule has 5 nitrogen and oxygen atoms in total. The minimum Gasteiger partial charge on any atom is -0.398 e. The Morgan fingerprint density at radius 3 is 2.70 bits per heavy atom. The maximum Gasteiger partial charge on any atom is 0.264 e. The fourth-order valence-electron chi connectivity index (χ4n) is 1.55. The highest BCUT2D eigenvalue weighted by molar-refractivity contribution is 7.92. The zero-order chi connectivity index (χ0) is 14.9. The number of benzene rings is 1. The molecule has 8 heteroatoms. The van der Waals surface area contributed by atoms with Crippen LogP contribution in [0.2, 0.25) is 5.15 Å². The Hall–Kier alpha value is -1.86. The van der Waals surface area contributed by atoms with Crippen molar-refractivity contribution in [1.82, 2.24) is 4.98 Å². The summed E-state index contributed by atoms with van der Waals surface area (Å²) in [4.78, 5) is 3.20. The van der Waals surface area contributed by atoms with Gasteiger partial charge in [0.15, 0.2) is 0 Å². The summed E-state index contributed by atoms with van der Waals surface area (Å²) >= 11 is 5.66. The summed E-state index contributed by atoms with van der Waals surface area (Å²) in [5.74, 6) is -0.871. The molecule has 3 N–H and O–H groups in total. The molecule has 0 fully saturated rings. The van der Waals surface area contributed by atoms with Gasteiger partial charge in [-0.25, -0.2) is 17.8 Å². The Morgan fingerprint density at radius 1 is 1.35 bits per heavy atom. The van der Waals surface area contributed by atoms with Crippen LogP contribution in [-0.2, 0) is 10.0 Å². The van der Waals surface area contributed by atoms with Crippen molar-refractivity contribution in [2.75, 3.05) is 10.5 Å². The minimum absolute atomic E-state index is 0.120. The monoisotopic (exact) mass is 315 g/mol. The second-order valence-electron chi connectivity index (χ2n) is 4.11. The molecule has 20 heavy (non-hydrogen) atoms. The van der Waals surface area contributed by atoms with Gasteiger partial charge in [0.05, 0.1) is 5.69 Å². The van der Waals surface area contributed by atoms with Crippen LogP contribution in [0.15, 0.2) is 35.4 Å². The zero-order valence-corrected chi connectivity index (χ0v) is 12.0. The summed E-state index contributed by atoms with van der Waals surface area (Å²) in [7, 11) is -4.09. The van der Waals surface area contributed by atoms with Crippen LogP contribution in [0.1, 0.15) is 5.56 Å². The Kier molecular flexibility index (Phi) is 3.82. The number of nitrogens with zero attached hydrogens (tertiary/aromatic N) is 1. The highest BCUT2D eigenvalue weighted by Gasteiger charge is 2.20. The second-order valence-corrected chi connectivity index (χ2v) is 6.15. The highest BCUT2D eigenvalue weighted by Crippen LogP contribution is 2.24. The number of hydrogen-bond donors (Lipinski definition) is 2. The number of pyridine rings is 1. The molecule has 0 aliphatic heterocycles. The number of sulfonamides is 1. The molecule has 0 aliphatic carbocycles. The molecule has 0 atom stereocenters. The second kappa shape index (κ2) is 5.26. The molecule has 0 aliphatic rings. The van der Waals surface area contributed by atoms with E-state index in [0.29, 0.717) is 5.56 Å². The molecule has 0 radical (unpaired) electrons. The first-order valence-electron chi connectivity index (χ1n) is 5.49. The number of nitrogen functional groups attached to an aromatic ring is 1. The van der Waals surface area contributed by atoms with Gasteiger partial charge in [-0.2, -0.15) is 0 Å². The van der Waals surface area contributed by atoms with E-state index in [-0.39, 0.29) is 16.5 Å². The Labute approximate surface area is 120 Å². The molecule has 2 rings (SSSR count). The van der Waals surface area contributed by atoms with Crippen LogP contribution in [0.5, 0.6) is 0 Å². The quantitative estimate of drug-likeness (QED) is 0.673. The van der Waals surface area contributed by atoms with Crippen LogP contribution >= 0.6 is 11.6 Å². The van der Waals surface area contributed by atoms with E-state index in [1.807, 2.05) is 0 Å². The maximum absolute atomic E-state index is 13.8. The molecule has 0 saturated heterocycles. The van der Waals surface area contributed by atoms with E-state index in [4.69, 9.17) is 17.3 Å². The number of hydrogen-bond acceptors (Lipinski definition) is 4. The van der Waals surface area contributed by atoms with Crippen molar-refractivity contribution in [2.24, 2.45) is 0 Å². The number of halogens is 2. The van der Waals surface area contributed by atoms with E-state index in [9.17, 15) is 12.8 Å². The molecule has 0 amide bonds. The largest absolute Gasteiger partial charge is 0.398 e. The summed E-state index contributed by atoms with van der Waals surface area (Å²) in [6.45, 7) is 1.59. The fourth-order valence-corrected chi connectivity index (χ4v) is 2.87. The van der Waals surface area contributed by atoms with Gasteiger partial charge in [0.2, 0.25) is 0 Å². The molecular weight excluding hydrogens is 305 g/mol. The van der Waals surface area contributed by atoms with Crippen LogP contribution < -0.4 is 10.5 Å². The lowest BCUT2D eigenvalue weighted by atomic mass is 10.2. The Bertz CT molecular complexity index is 765. The average molecular weight is 316 g/mol.